The van der Waals surface area contributed by atoms with Gasteiger partial charge in [-0.2, -0.15) is 8.42 Å². The van der Waals surface area contributed by atoms with E-state index in [1.54, 1.807) is 12.1 Å². The Bertz CT molecular complexity index is 840. The van der Waals surface area contributed by atoms with Crippen LogP contribution < -0.4 is 5.32 Å². The number of unbranched alkanes of at least 4 members (excludes halogenated alkanes) is 9. The summed E-state index contributed by atoms with van der Waals surface area (Å²) in [5, 5.41) is 14.3. The third-order valence-electron chi connectivity index (χ3n) is 4.77. The van der Waals surface area contributed by atoms with Gasteiger partial charge in [-0.25, -0.2) is 0 Å². The molecule has 6 nitrogen and oxygen atoms in total. The fourth-order valence-electron chi connectivity index (χ4n) is 3.33. The van der Waals surface area contributed by atoms with Gasteiger partial charge >= 0.3 is 0 Å². The van der Waals surface area contributed by atoms with Crippen LogP contribution in [-0.4, -0.2) is 35.9 Å². The topological polar surface area (TPSA) is 99.5 Å². The third kappa shape index (κ3) is 12.6. The number of aryl methyl sites for hydroxylation is 1. The fraction of sp³-hybridized carbons (Fsp3) is 0.609. The molecule has 0 saturated heterocycles. The first-order valence-electron chi connectivity index (χ1n) is 11.0. The van der Waals surface area contributed by atoms with E-state index in [0.717, 1.165) is 28.8 Å². The number of anilines is 1. The average molecular weight is 439 g/mol. The van der Waals surface area contributed by atoms with E-state index in [2.05, 4.69) is 23.3 Å². The maximum Gasteiger partial charge on any atom is 0.261 e. The minimum Gasteiger partial charge on any atom is -0.508 e. The Morgan fingerprint density at radius 2 is 1.47 bits per heavy atom. The summed E-state index contributed by atoms with van der Waals surface area (Å²) in [5.41, 5.74) is 2.95. The summed E-state index contributed by atoms with van der Waals surface area (Å²) in [6, 6.07) is 7.49. The van der Waals surface area contributed by atoms with E-state index in [9.17, 15) is 13.5 Å². The van der Waals surface area contributed by atoms with Gasteiger partial charge in [0.1, 0.15) is 5.75 Å². The molecule has 0 aliphatic carbocycles. The van der Waals surface area contributed by atoms with E-state index in [1.807, 2.05) is 13.0 Å². The molecule has 30 heavy (non-hydrogen) atoms. The van der Waals surface area contributed by atoms with Crippen LogP contribution in [0.3, 0.4) is 0 Å². The van der Waals surface area contributed by atoms with Crippen LogP contribution in [0.1, 0.15) is 76.8 Å². The molecule has 0 atom stereocenters. The van der Waals surface area contributed by atoms with Crippen LogP contribution in [0.2, 0.25) is 0 Å². The zero-order valence-electron chi connectivity index (χ0n) is 18.7. The SMILES string of the molecule is CCCCCCCCCCCCNc1cc(C)nc2cc(O)ccc12.CS(=O)(=O)O. The predicted octanol–water partition coefficient (Wildman–Crippen LogP) is 6.09. The molecule has 0 unspecified atom stereocenters. The Morgan fingerprint density at radius 3 is 2.03 bits per heavy atom. The molecule has 2 aromatic rings. The Labute approximate surface area is 181 Å². The second-order valence-electron chi connectivity index (χ2n) is 7.85. The molecule has 1 heterocycles. The number of hydrogen-bond donors (Lipinski definition) is 3. The molecule has 0 radical (unpaired) electrons. The van der Waals surface area contributed by atoms with E-state index in [0.29, 0.717) is 6.26 Å². The number of phenols is 1. The number of phenolic OH excluding ortho intramolecular Hbond substituents is 1. The number of aromatic hydroxyl groups is 1. The Morgan fingerprint density at radius 1 is 0.933 bits per heavy atom. The van der Waals surface area contributed by atoms with E-state index >= 15 is 0 Å². The highest BCUT2D eigenvalue weighted by atomic mass is 32.2. The molecule has 0 fully saturated rings. The van der Waals surface area contributed by atoms with Gasteiger partial charge < -0.3 is 10.4 Å². The van der Waals surface area contributed by atoms with Crippen molar-refractivity contribution in [3.05, 3.63) is 30.0 Å². The fourth-order valence-corrected chi connectivity index (χ4v) is 3.33. The van der Waals surface area contributed by atoms with Crippen LogP contribution >= 0.6 is 0 Å². The van der Waals surface area contributed by atoms with E-state index < -0.39 is 10.1 Å². The molecule has 0 bridgehead atoms. The zero-order chi connectivity index (χ0) is 22.4. The van der Waals surface area contributed by atoms with Crippen LogP contribution in [0.5, 0.6) is 5.75 Å². The molecule has 7 heteroatoms. The molecule has 1 aromatic heterocycles. The minimum absolute atomic E-state index is 0.270. The summed E-state index contributed by atoms with van der Waals surface area (Å²) < 4.78 is 25.9. The normalized spacial score (nSPS) is 11.2. The van der Waals surface area contributed by atoms with Crippen molar-refractivity contribution in [3.63, 3.8) is 0 Å². The Hall–Kier alpha value is -1.86. The summed E-state index contributed by atoms with van der Waals surface area (Å²) in [7, 11) is -3.67. The highest BCUT2D eigenvalue weighted by Crippen LogP contribution is 2.26. The highest BCUT2D eigenvalue weighted by Gasteiger charge is 2.04. The molecular weight excluding hydrogens is 400 g/mol. The van der Waals surface area contributed by atoms with Crippen molar-refractivity contribution in [1.29, 1.82) is 0 Å². The summed E-state index contributed by atoms with van der Waals surface area (Å²) >= 11 is 0. The first-order chi connectivity index (χ1) is 14.2. The van der Waals surface area contributed by atoms with Gasteiger partial charge in [0.25, 0.3) is 10.1 Å². The van der Waals surface area contributed by atoms with Gasteiger partial charge in [-0.15, -0.1) is 0 Å². The monoisotopic (exact) mass is 438 g/mol. The number of aromatic nitrogens is 1. The lowest BCUT2D eigenvalue weighted by atomic mass is 10.1. The second-order valence-corrected chi connectivity index (χ2v) is 9.32. The lowest BCUT2D eigenvalue weighted by Gasteiger charge is -2.11. The number of pyridine rings is 1. The Balaban J connectivity index is 0.000000804. The van der Waals surface area contributed by atoms with Gasteiger partial charge in [0.15, 0.2) is 0 Å². The molecule has 0 aliphatic heterocycles. The number of nitrogens with one attached hydrogen (secondary N) is 1. The van der Waals surface area contributed by atoms with Crippen LogP contribution in [0.15, 0.2) is 24.3 Å². The van der Waals surface area contributed by atoms with Crippen molar-refractivity contribution in [2.75, 3.05) is 18.1 Å². The molecule has 2 rings (SSSR count). The second kappa shape index (κ2) is 14.2. The first kappa shape index (κ1) is 26.2. The zero-order valence-corrected chi connectivity index (χ0v) is 19.5. The van der Waals surface area contributed by atoms with Crippen molar-refractivity contribution < 1.29 is 18.1 Å². The van der Waals surface area contributed by atoms with Crippen LogP contribution in [0.4, 0.5) is 5.69 Å². The molecule has 1 aromatic carbocycles. The summed E-state index contributed by atoms with van der Waals surface area (Å²) in [5.74, 6) is 0.270. The molecule has 0 amide bonds. The summed E-state index contributed by atoms with van der Waals surface area (Å²) in [6.07, 6.45) is 14.3. The van der Waals surface area contributed by atoms with E-state index in [4.69, 9.17) is 4.55 Å². The Kier molecular flexibility index (Phi) is 12.4. The summed E-state index contributed by atoms with van der Waals surface area (Å²) in [4.78, 5) is 4.50. The molecule has 0 spiro atoms. The molecule has 0 saturated carbocycles. The van der Waals surface area contributed by atoms with Crippen molar-refractivity contribution >= 4 is 26.7 Å². The van der Waals surface area contributed by atoms with Gasteiger partial charge in [0.2, 0.25) is 0 Å². The molecule has 3 N–H and O–H groups in total. The third-order valence-corrected chi connectivity index (χ3v) is 4.77. The average Bonchev–Trinajstić information content (AvgIpc) is 2.64. The predicted molar refractivity (Wildman–Crippen MR) is 126 cm³/mol. The smallest absolute Gasteiger partial charge is 0.261 e. The van der Waals surface area contributed by atoms with Crippen LogP contribution in [-0.2, 0) is 10.1 Å². The van der Waals surface area contributed by atoms with E-state index in [1.165, 1.54) is 64.2 Å². The van der Waals surface area contributed by atoms with Crippen LogP contribution in [0, 0.1) is 6.92 Å². The first-order valence-corrected chi connectivity index (χ1v) is 12.8. The van der Waals surface area contributed by atoms with Crippen molar-refractivity contribution in [2.24, 2.45) is 0 Å². The quantitative estimate of drug-likeness (QED) is 0.274. The van der Waals surface area contributed by atoms with Gasteiger partial charge in [-0.05, 0) is 31.5 Å². The molecular formula is C23H38N2O4S. The number of rotatable bonds is 12. The number of nitrogens with zero attached hydrogens (tertiary/aromatic N) is 1. The van der Waals surface area contributed by atoms with Gasteiger partial charge in [-0.1, -0.05) is 64.7 Å². The van der Waals surface area contributed by atoms with Crippen molar-refractivity contribution in [1.82, 2.24) is 4.98 Å². The molecule has 0 aliphatic rings. The maximum atomic E-state index is 9.63. The lowest BCUT2D eigenvalue weighted by molar-refractivity contribution is 0.476. The number of fused-ring (bicyclic) bond motifs is 1. The summed E-state index contributed by atoms with van der Waals surface area (Å²) in [6.45, 7) is 5.26. The number of hydrogen-bond acceptors (Lipinski definition) is 5. The van der Waals surface area contributed by atoms with Crippen LogP contribution in [0.25, 0.3) is 10.9 Å². The highest BCUT2D eigenvalue weighted by molar-refractivity contribution is 7.85. The van der Waals surface area contributed by atoms with Crippen molar-refractivity contribution in [2.45, 2.75) is 78.1 Å². The lowest BCUT2D eigenvalue weighted by Crippen LogP contribution is -2.03. The van der Waals surface area contributed by atoms with Crippen molar-refractivity contribution in [3.8, 4) is 5.75 Å². The van der Waals surface area contributed by atoms with Gasteiger partial charge in [-0.3, -0.25) is 9.54 Å². The maximum absolute atomic E-state index is 9.63. The number of benzene rings is 1. The van der Waals surface area contributed by atoms with Gasteiger partial charge in [0.05, 0.1) is 11.8 Å². The molecule has 170 valence electrons. The minimum atomic E-state index is -3.67. The largest absolute Gasteiger partial charge is 0.508 e. The van der Waals surface area contributed by atoms with E-state index in [-0.39, 0.29) is 5.75 Å². The standard InChI is InChI=1S/C22H34N2O.CH4O3S/c1-3-4-5-6-7-8-9-10-11-12-15-23-21-16-18(2)24-22-17-19(25)13-14-20(21)22;1-5(2,3)4/h13-14,16-17,25H,3-12,15H2,1-2H3,(H,23,24);1H3,(H,2,3,4). The van der Waals surface area contributed by atoms with Gasteiger partial charge in [0, 0.05) is 29.4 Å².